The Labute approximate surface area is 376 Å². The van der Waals surface area contributed by atoms with E-state index in [0.717, 1.165) is 0 Å². The number of rotatable bonds is 13. The second kappa shape index (κ2) is 23.6. The molecule has 0 aromatic carbocycles. The molecule has 0 radical (unpaired) electrons. The van der Waals surface area contributed by atoms with E-state index in [4.69, 9.17) is 47.1 Å². The van der Waals surface area contributed by atoms with Crippen molar-refractivity contribution in [1.82, 2.24) is 4.90 Å². The number of allylic oxidation sites excluding steroid dienone is 2. The molecule has 62 heavy (non-hydrogen) atoms. The highest BCUT2D eigenvalue weighted by Gasteiger charge is 2.53. The predicted molar refractivity (Wildman–Crippen MR) is 244 cm³/mol. The predicted octanol–water partition coefficient (Wildman–Crippen LogP) is 8.69. The Morgan fingerprint density at radius 2 is 1.55 bits per heavy atom. The molecule has 14 heteroatoms. The highest BCUT2D eigenvalue weighted by molar-refractivity contribution is 6.74. The Kier molecular flexibility index (Phi) is 20.8. The standard InChI is InChI=1S/C48H87NO12Si/c1-29-25-36(27-39(52-15)53-16)44(42(54-17)30(2)26-38(51)55-31(3)23-21-20-22-24-37(29)61-62(18,19)47(8,9)10)60-46-45(58-35(7)50)41(49(13)14)43(34(6)57-46)59-40-28-48(11,12)32(4)33(5)56-40/h20-22,24,29-34,36-37,39-46H,23,25-28H2,1-19H3/b21-20+,24-22+/t29-,30-,31-,32+,33?,34-,36-,37-,40+,41?,42+,43-,44+,45?,46+/m1/s1. The zero-order valence-corrected chi connectivity index (χ0v) is 42.9. The molecule has 360 valence electrons. The van der Waals surface area contributed by atoms with Crippen LogP contribution in [0, 0.1) is 29.1 Å². The lowest BCUT2D eigenvalue weighted by Crippen LogP contribution is -2.66. The molecular formula is C48H87NO12Si. The van der Waals surface area contributed by atoms with Crippen molar-refractivity contribution in [3.05, 3.63) is 24.3 Å². The van der Waals surface area contributed by atoms with Gasteiger partial charge in [-0.2, -0.15) is 0 Å². The van der Waals surface area contributed by atoms with Crippen molar-refractivity contribution in [3.8, 4) is 0 Å². The van der Waals surface area contributed by atoms with Crippen LogP contribution in [-0.4, -0.2) is 134 Å². The van der Waals surface area contributed by atoms with Gasteiger partial charge in [-0.15, -0.1) is 0 Å². The maximum Gasteiger partial charge on any atom is 0.306 e. The van der Waals surface area contributed by atoms with Crippen LogP contribution in [0.3, 0.4) is 0 Å². The van der Waals surface area contributed by atoms with Crippen molar-refractivity contribution in [2.75, 3.05) is 35.4 Å². The molecule has 0 aromatic heterocycles. The van der Waals surface area contributed by atoms with Gasteiger partial charge in [0, 0.05) is 47.5 Å². The van der Waals surface area contributed by atoms with Crippen LogP contribution < -0.4 is 0 Å². The molecule has 3 heterocycles. The summed E-state index contributed by atoms with van der Waals surface area (Å²) < 4.78 is 64.9. The molecule has 2 fully saturated rings. The lowest BCUT2D eigenvalue weighted by atomic mass is 9.73. The Morgan fingerprint density at radius 1 is 0.903 bits per heavy atom. The van der Waals surface area contributed by atoms with E-state index in [0.29, 0.717) is 31.6 Å². The summed E-state index contributed by atoms with van der Waals surface area (Å²) in [4.78, 5) is 28.6. The van der Waals surface area contributed by atoms with Crippen molar-refractivity contribution in [2.24, 2.45) is 29.1 Å². The highest BCUT2D eigenvalue weighted by Crippen LogP contribution is 2.44. The number of hydrogen-bond acceptors (Lipinski definition) is 13. The molecule has 3 unspecified atom stereocenters. The van der Waals surface area contributed by atoms with Crippen molar-refractivity contribution < 1.29 is 56.6 Å². The number of likely N-dealkylation sites (N-methyl/N-ethyl adjacent to an activating group) is 1. The number of esters is 2. The first kappa shape index (κ1) is 54.6. The van der Waals surface area contributed by atoms with E-state index in [1.165, 1.54) is 6.92 Å². The fourth-order valence-corrected chi connectivity index (χ4v) is 10.4. The van der Waals surface area contributed by atoms with Gasteiger partial charge in [-0.3, -0.25) is 9.59 Å². The molecular weight excluding hydrogens is 811 g/mol. The van der Waals surface area contributed by atoms with Crippen LogP contribution in [0.25, 0.3) is 0 Å². The Hall–Kier alpha value is -1.72. The van der Waals surface area contributed by atoms with E-state index >= 15 is 0 Å². The van der Waals surface area contributed by atoms with Gasteiger partial charge >= 0.3 is 11.9 Å². The molecule has 13 nitrogen and oxygen atoms in total. The number of hydrogen-bond donors (Lipinski definition) is 0. The first-order valence-electron chi connectivity index (χ1n) is 23.0. The van der Waals surface area contributed by atoms with Gasteiger partial charge in [0.2, 0.25) is 0 Å². The average molecular weight is 898 g/mol. The van der Waals surface area contributed by atoms with Crippen molar-refractivity contribution >= 4 is 20.3 Å². The van der Waals surface area contributed by atoms with Gasteiger partial charge in [0.05, 0.1) is 43.0 Å². The zero-order chi connectivity index (χ0) is 46.9. The number of cyclic esters (lactones) is 1. The third kappa shape index (κ3) is 14.9. The van der Waals surface area contributed by atoms with Crippen molar-refractivity contribution in [2.45, 2.75) is 207 Å². The number of carbonyl (C=O) groups excluding carboxylic acids is 2. The minimum atomic E-state index is -2.25. The summed E-state index contributed by atoms with van der Waals surface area (Å²) in [5, 5.41) is -0.0228. The minimum absolute atomic E-state index is 0.0139. The van der Waals surface area contributed by atoms with Gasteiger partial charge in [0.1, 0.15) is 12.2 Å². The monoisotopic (exact) mass is 898 g/mol. The van der Waals surface area contributed by atoms with Gasteiger partial charge in [0.15, 0.2) is 33.3 Å². The summed E-state index contributed by atoms with van der Waals surface area (Å²) in [7, 11) is 6.52. The van der Waals surface area contributed by atoms with Crippen LogP contribution in [0.1, 0.15) is 115 Å². The molecule has 3 aliphatic heterocycles. The summed E-state index contributed by atoms with van der Waals surface area (Å²) in [5.41, 5.74) is -0.0220. The largest absolute Gasteiger partial charge is 0.462 e. The molecule has 3 aliphatic rings. The second-order valence-electron chi connectivity index (χ2n) is 20.9. The smallest absolute Gasteiger partial charge is 0.306 e. The lowest BCUT2D eigenvalue weighted by Gasteiger charge is -2.51. The molecule has 0 saturated carbocycles. The second-order valence-corrected chi connectivity index (χ2v) is 25.6. The normalized spacial score (nSPS) is 38.1. The number of ether oxygens (including phenoxy) is 9. The van der Waals surface area contributed by atoms with E-state index < -0.39 is 69.7 Å². The quantitative estimate of drug-likeness (QED) is 0.0994. The van der Waals surface area contributed by atoms with E-state index in [9.17, 15) is 9.59 Å². The average Bonchev–Trinajstić information content (AvgIpc) is 3.14. The highest BCUT2D eigenvalue weighted by atomic mass is 28.4. The van der Waals surface area contributed by atoms with E-state index in [-0.39, 0.29) is 58.9 Å². The first-order chi connectivity index (χ1) is 28.8. The van der Waals surface area contributed by atoms with Crippen molar-refractivity contribution in [3.63, 3.8) is 0 Å². The van der Waals surface area contributed by atoms with Crippen LogP contribution in [0.15, 0.2) is 24.3 Å². The molecule has 0 bridgehead atoms. The van der Waals surface area contributed by atoms with Crippen LogP contribution >= 0.6 is 0 Å². The maximum absolute atomic E-state index is 13.5. The van der Waals surface area contributed by atoms with Crippen molar-refractivity contribution in [1.29, 1.82) is 0 Å². The molecule has 0 spiro atoms. The lowest BCUT2D eigenvalue weighted by molar-refractivity contribution is -0.339. The van der Waals surface area contributed by atoms with Gasteiger partial charge in [-0.1, -0.05) is 79.7 Å². The topological polar surface area (TPSA) is 130 Å². The molecule has 0 N–H and O–H groups in total. The molecule has 2 saturated heterocycles. The fourth-order valence-electron chi connectivity index (χ4n) is 9.01. The summed E-state index contributed by atoms with van der Waals surface area (Å²) in [5.74, 6) is -1.15. The van der Waals surface area contributed by atoms with E-state index in [1.807, 2.05) is 58.0 Å². The summed E-state index contributed by atoms with van der Waals surface area (Å²) in [6.07, 6.45) is 4.53. The van der Waals surface area contributed by atoms with Crippen LogP contribution in [-0.2, 0) is 56.6 Å². The summed E-state index contributed by atoms with van der Waals surface area (Å²) >= 11 is 0. The minimum Gasteiger partial charge on any atom is -0.462 e. The molecule has 3 rings (SSSR count). The summed E-state index contributed by atoms with van der Waals surface area (Å²) in [6.45, 7) is 29.5. The third-order valence-electron chi connectivity index (χ3n) is 14.2. The number of carbonyl (C=O) groups is 2. The maximum atomic E-state index is 13.5. The van der Waals surface area contributed by atoms with Crippen LogP contribution in [0.4, 0.5) is 0 Å². The zero-order valence-electron chi connectivity index (χ0n) is 41.9. The van der Waals surface area contributed by atoms with Gasteiger partial charge in [-0.25, -0.2) is 0 Å². The molecule has 15 atom stereocenters. The van der Waals surface area contributed by atoms with E-state index in [2.05, 4.69) is 74.6 Å². The number of nitrogens with zero attached hydrogens (tertiary/aromatic N) is 1. The van der Waals surface area contributed by atoms with Gasteiger partial charge in [-0.05, 0) is 88.5 Å². The Balaban J connectivity index is 2.21. The third-order valence-corrected chi connectivity index (χ3v) is 18.7. The SMILES string of the molecule is COC(C[C@H]1C[C@@H](C)[C@H](O[Si](C)(C)C(C)(C)C)/C=C/C=C/C[C@@H](C)OC(=O)C[C@@H](C)[C@H](OC)[C@H]1O[C@@H]1O[C@H](C)[C@@H](O[C@H]2CC(C)(C)[C@@H](C)C(C)O2)C(N(C)C)C1OC(C)=O)OC. The van der Waals surface area contributed by atoms with E-state index in [1.54, 1.807) is 21.3 Å². The molecule has 0 aliphatic carbocycles. The fraction of sp³-hybridized carbons (Fsp3) is 0.875. The van der Waals surface area contributed by atoms with Gasteiger partial charge < -0.3 is 52.0 Å². The van der Waals surface area contributed by atoms with Gasteiger partial charge in [0.25, 0.3) is 0 Å². The number of methoxy groups -OCH3 is 3. The first-order valence-corrected chi connectivity index (χ1v) is 25.9. The van der Waals surface area contributed by atoms with Crippen LogP contribution in [0.2, 0.25) is 18.1 Å². The molecule has 0 amide bonds. The Morgan fingerprint density at radius 3 is 2.10 bits per heavy atom. The Bertz CT molecular complexity index is 1440. The summed E-state index contributed by atoms with van der Waals surface area (Å²) in [6, 6.07) is -0.487. The van der Waals surface area contributed by atoms with Crippen LogP contribution in [0.5, 0.6) is 0 Å². The molecule has 0 aromatic rings.